The fourth-order valence-corrected chi connectivity index (χ4v) is 4.79. The Hall–Kier alpha value is -2.90. The summed E-state index contributed by atoms with van der Waals surface area (Å²) in [7, 11) is 0. The Kier molecular flexibility index (Phi) is 5.78. The summed E-state index contributed by atoms with van der Waals surface area (Å²) in [4.78, 5) is 18.3. The second-order valence-electron chi connectivity index (χ2n) is 6.45. The van der Waals surface area contributed by atoms with Gasteiger partial charge in [0.15, 0.2) is 5.13 Å². The monoisotopic (exact) mass is 421 g/mol. The number of amides is 1. The molecule has 0 aliphatic carbocycles. The van der Waals surface area contributed by atoms with Gasteiger partial charge in [0.1, 0.15) is 5.76 Å². The fraction of sp³-hybridized carbons (Fsp3) is 0.136. The number of carbonyl (C=O) groups excluding carboxylic acids is 1. The van der Waals surface area contributed by atoms with E-state index in [1.54, 1.807) is 11.8 Å². The Labute approximate surface area is 177 Å². The molecule has 0 bridgehead atoms. The van der Waals surface area contributed by atoms with Gasteiger partial charge in [0, 0.05) is 27.2 Å². The molecule has 0 aliphatic heterocycles. The number of carbonyl (C=O) groups is 1. The van der Waals surface area contributed by atoms with Crippen LogP contribution in [0.3, 0.4) is 0 Å². The number of nitrogens with zero attached hydrogens (tertiary/aromatic N) is 2. The number of hydrogen-bond acceptors (Lipinski definition) is 6. The summed E-state index contributed by atoms with van der Waals surface area (Å²) >= 11 is 3.01. The Morgan fingerprint density at radius 1 is 1.10 bits per heavy atom. The van der Waals surface area contributed by atoms with Gasteiger partial charge in [0.25, 0.3) is 5.91 Å². The van der Waals surface area contributed by atoms with E-state index >= 15 is 0 Å². The van der Waals surface area contributed by atoms with Gasteiger partial charge < -0.3 is 4.52 Å². The lowest BCUT2D eigenvalue weighted by atomic mass is 10.2. The van der Waals surface area contributed by atoms with Crippen molar-refractivity contribution in [3.8, 4) is 11.3 Å². The van der Waals surface area contributed by atoms with E-state index in [2.05, 4.69) is 15.5 Å². The summed E-state index contributed by atoms with van der Waals surface area (Å²) in [6, 6.07) is 17.5. The van der Waals surface area contributed by atoms with Crippen LogP contribution in [0, 0.1) is 13.8 Å². The number of nitrogens with one attached hydrogen (secondary N) is 1. The lowest BCUT2D eigenvalue weighted by Crippen LogP contribution is -2.12. The third-order valence-electron chi connectivity index (χ3n) is 4.48. The molecule has 29 heavy (non-hydrogen) atoms. The first-order valence-corrected chi connectivity index (χ1v) is 10.9. The molecule has 2 aromatic heterocycles. The maximum atomic E-state index is 12.9. The molecule has 0 radical (unpaired) electrons. The minimum atomic E-state index is -0.166. The molecule has 146 valence electrons. The van der Waals surface area contributed by atoms with Gasteiger partial charge in [-0.05, 0) is 26.0 Å². The number of hydrogen-bond donors (Lipinski definition) is 1. The number of benzene rings is 2. The number of aryl methyl sites for hydroxylation is 2. The molecule has 0 spiro atoms. The molecule has 1 N–H and O–H groups in total. The van der Waals surface area contributed by atoms with Crippen LogP contribution < -0.4 is 5.32 Å². The van der Waals surface area contributed by atoms with Crippen molar-refractivity contribution in [3.05, 3.63) is 82.6 Å². The molecule has 0 saturated heterocycles. The smallest absolute Gasteiger partial charge is 0.258 e. The third kappa shape index (κ3) is 4.41. The van der Waals surface area contributed by atoms with Crippen LogP contribution in [-0.4, -0.2) is 16.0 Å². The van der Waals surface area contributed by atoms with E-state index in [4.69, 9.17) is 4.52 Å². The molecule has 2 aromatic carbocycles. The lowest BCUT2D eigenvalue weighted by Gasteiger charge is -2.08. The van der Waals surface area contributed by atoms with Gasteiger partial charge in [-0.1, -0.05) is 47.6 Å². The maximum absolute atomic E-state index is 12.9. The van der Waals surface area contributed by atoms with Crippen LogP contribution in [-0.2, 0) is 5.75 Å². The minimum absolute atomic E-state index is 0.166. The molecule has 0 saturated carbocycles. The van der Waals surface area contributed by atoms with Gasteiger partial charge in [0.05, 0.1) is 17.0 Å². The van der Waals surface area contributed by atoms with Gasteiger partial charge in [-0.2, -0.15) is 0 Å². The standard InChI is InChI=1S/C22H19N3O2S2/c1-14-18(15(2)27-25-14)12-28-20-11-7-6-10-17(20)21(26)24-22-23-19(13-29-22)16-8-4-3-5-9-16/h3-11,13H,12H2,1-2H3,(H,23,24,26). The average molecular weight is 422 g/mol. The summed E-state index contributed by atoms with van der Waals surface area (Å²) in [5.41, 5.74) is 4.46. The van der Waals surface area contributed by atoms with Crippen molar-refractivity contribution < 1.29 is 9.32 Å². The van der Waals surface area contributed by atoms with E-state index in [-0.39, 0.29) is 5.91 Å². The predicted octanol–water partition coefficient (Wildman–Crippen LogP) is 5.96. The number of thiazole rings is 1. The van der Waals surface area contributed by atoms with Gasteiger partial charge in [-0.15, -0.1) is 23.1 Å². The van der Waals surface area contributed by atoms with Crippen LogP contribution in [0.2, 0.25) is 0 Å². The Balaban J connectivity index is 1.49. The van der Waals surface area contributed by atoms with E-state index in [1.807, 2.05) is 73.8 Å². The molecular formula is C22H19N3O2S2. The van der Waals surface area contributed by atoms with Crippen molar-refractivity contribution in [1.29, 1.82) is 0 Å². The average Bonchev–Trinajstić information content (AvgIpc) is 3.34. The van der Waals surface area contributed by atoms with Crippen molar-refractivity contribution in [2.24, 2.45) is 0 Å². The molecule has 0 unspecified atom stereocenters. The van der Waals surface area contributed by atoms with E-state index in [0.717, 1.165) is 33.2 Å². The van der Waals surface area contributed by atoms with Crippen molar-refractivity contribution in [2.45, 2.75) is 24.5 Å². The van der Waals surface area contributed by atoms with Gasteiger partial charge in [0.2, 0.25) is 0 Å². The summed E-state index contributed by atoms with van der Waals surface area (Å²) in [5.74, 6) is 1.34. The van der Waals surface area contributed by atoms with E-state index in [0.29, 0.717) is 16.4 Å². The highest BCUT2D eigenvalue weighted by Crippen LogP contribution is 2.30. The summed E-state index contributed by atoms with van der Waals surface area (Å²) in [6.45, 7) is 3.83. The number of aromatic nitrogens is 2. The zero-order valence-electron chi connectivity index (χ0n) is 16.0. The largest absolute Gasteiger partial charge is 0.361 e. The Bertz CT molecular complexity index is 1120. The topological polar surface area (TPSA) is 68.0 Å². The molecule has 5 nitrogen and oxygen atoms in total. The molecule has 7 heteroatoms. The molecule has 4 rings (SSSR count). The number of anilines is 1. The highest BCUT2D eigenvalue weighted by molar-refractivity contribution is 7.98. The van der Waals surface area contributed by atoms with E-state index in [1.165, 1.54) is 11.3 Å². The SMILES string of the molecule is Cc1noc(C)c1CSc1ccccc1C(=O)Nc1nc(-c2ccccc2)cs1. The quantitative estimate of drug-likeness (QED) is 0.389. The predicted molar refractivity (Wildman–Crippen MR) is 117 cm³/mol. The van der Waals surface area contributed by atoms with Crippen molar-refractivity contribution in [2.75, 3.05) is 5.32 Å². The van der Waals surface area contributed by atoms with Crippen molar-refractivity contribution in [3.63, 3.8) is 0 Å². The van der Waals surface area contributed by atoms with E-state index < -0.39 is 0 Å². The number of thioether (sulfide) groups is 1. The second-order valence-corrected chi connectivity index (χ2v) is 8.32. The lowest BCUT2D eigenvalue weighted by molar-refractivity contribution is 0.102. The van der Waals surface area contributed by atoms with Crippen LogP contribution >= 0.6 is 23.1 Å². The maximum Gasteiger partial charge on any atom is 0.258 e. The van der Waals surface area contributed by atoms with Crippen LogP contribution in [0.1, 0.15) is 27.4 Å². The van der Waals surface area contributed by atoms with Crippen molar-refractivity contribution >= 4 is 34.1 Å². The number of rotatable bonds is 6. The highest BCUT2D eigenvalue weighted by atomic mass is 32.2. The normalized spacial score (nSPS) is 10.8. The molecule has 0 atom stereocenters. The molecule has 2 heterocycles. The minimum Gasteiger partial charge on any atom is -0.361 e. The summed E-state index contributed by atoms with van der Waals surface area (Å²) in [5, 5.41) is 9.45. The zero-order chi connectivity index (χ0) is 20.2. The van der Waals surface area contributed by atoms with Crippen LogP contribution in [0.15, 0.2) is 69.4 Å². The van der Waals surface area contributed by atoms with Crippen LogP contribution in [0.4, 0.5) is 5.13 Å². The Morgan fingerprint density at radius 2 is 1.86 bits per heavy atom. The summed E-state index contributed by atoms with van der Waals surface area (Å²) < 4.78 is 5.23. The third-order valence-corrected chi connectivity index (χ3v) is 6.34. The first-order chi connectivity index (χ1) is 14.1. The van der Waals surface area contributed by atoms with Crippen LogP contribution in [0.5, 0.6) is 0 Å². The van der Waals surface area contributed by atoms with Crippen LogP contribution in [0.25, 0.3) is 11.3 Å². The van der Waals surface area contributed by atoms with Gasteiger partial charge in [-0.25, -0.2) is 4.98 Å². The molecule has 0 aliphatic rings. The summed E-state index contributed by atoms with van der Waals surface area (Å²) in [6.07, 6.45) is 0. The first-order valence-electron chi connectivity index (χ1n) is 9.07. The van der Waals surface area contributed by atoms with Gasteiger partial charge >= 0.3 is 0 Å². The molecule has 4 aromatic rings. The zero-order valence-corrected chi connectivity index (χ0v) is 17.6. The highest BCUT2D eigenvalue weighted by Gasteiger charge is 2.16. The second kappa shape index (κ2) is 8.63. The molecule has 1 amide bonds. The Morgan fingerprint density at radius 3 is 2.62 bits per heavy atom. The van der Waals surface area contributed by atoms with Gasteiger partial charge in [-0.3, -0.25) is 10.1 Å². The first kappa shape index (κ1) is 19.4. The fourth-order valence-electron chi connectivity index (χ4n) is 2.88. The molecule has 0 fully saturated rings. The van der Waals surface area contributed by atoms with Crippen molar-refractivity contribution in [1.82, 2.24) is 10.1 Å². The van der Waals surface area contributed by atoms with E-state index in [9.17, 15) is 4.79 Å². The molecular weight excluding hydrogens is 402 g/mol.